The van der Waals surface area contributed by atoms with Gasteiger partial charge >= 0.3 is 6.09 Å². The van der Waals surface area contributed by atoms with Crippen molar-refractivity contribution in [3.05, 3.63) is 18.5 Å². The van der Waals surface area contributed by atoms with Gasteiger partial charge < -0.3 is 15.2 Å². The normalized spacial score (nSPS) is 14.8. The number of ether oxygens (including phenoxy) is 1. The molecule has 1 aromatic heterocycles. The summed E-state index contributed by atoms with van der Waals surface area (Å²) < 4.78 is 19.2. The van der Waals surface area contributed by atoms with Gasteiger partial charge in [-0.1, -0.05) is 0 Å². The average Bonchev–Trinajstić information content (AvgIpc) is 2.77. The van der Waals surface area contributed by atoms with E-state index < -0.39 is 30.5 Å². The Morgan fingerprint density at radius 1 is 1.58 bits per heavy atom. The minimum absolute atomic E-state index is 0.164. The van der Waals surface area contributed by atoms with Crippen molar-refractivity contribution >= 4 is 6.09 Å². The van der Waals surface area contributed by atoms with E-state index in [0.29, 0.717) is 0 Å². The molecule has 108 valence electrons. The number of aromatic nitrogens is 2. The molecule has 1 amide bonds. The molecule has 19 heavy (non-hydrogen) atoms. The Balaban J connectivity index is 2.62. The van der Waals surface area contributed by atoms with Crippen LogP contribution in [0, 0.1) is 0 Å². The molecular formula is C12H20FN3O3. The molecule has 0 saturated heterocycles. The molecule has 0 fully saturated rings. The van der Waals surface area contributed by atoms with Gasteiger partial charge in [-0.05, 0) is 26.8 Å². The second kappa shape index (κ2) is 6.51. The number of alkyl halides is 1. The highest BCUT2D eigenvalue weighted by atomic mass is 19.1. The summed E-state index contributed by atoms with van der Waals surface area (Å²) in [6.45, 7) is 4.38. The zero-order valence-electron chi connectivity index (χ0n) is 11.3. The summed E-state index contributed by atoms with van der Waals surface area (Å²) in [5, 5.41) is 16.0. The third kappa shape index (κ3) is 5.69. The fourth-order valence-corrected chi connectivity index (χ4v) is 1.44. The fourth-order valence-electron chi connectivity index (χ4n) is 1.44. The molecule has 2 atom stereocenters. The molecule has 0 aliphatic rings. The Hall–Kier alpha value is -1.63. The van der Waals surface area contributed by atoms with E-state index in [1.165, 1.54) is 4.68 Å². The van der Waals surface area contributed by atoms with Gasteiger partial charge in [0.15, 0.2) is 0 Å². The standard InChI is InChI=1S/C12H20FN3O3/c1-12(2,3)19-11(18)15-9(10(17)7-13)8-16-6-4-5-14-16/h4-6,9-10,17H,7-8H2,1-3H3,(H,15,18)/t9-,10-/m1/s1. The van der Waals surface area contributed by atoms with Crippen molar-refractivity contribution in [3.63, 3.8) is 0 Å². The molecule has 0 saturated carbocycles. The molecule has 0 bridgehead atoms. The lowest BCUT2D eigenvalue weighted by Crippen LogP contribution is -2.48. The SMILES string of the molecule is CC(C)(C)OC(=O)N[C@H](Cn1cccn1)[C@H](O)CF. The molecule has 1 heterocycles. The van der Waals surface area contributed by atoms with E-state index in [9.17, 15) is 14.3 Å². The van der Waals surface area contributed by atoms with Gasteiger partial charge in [0.25, 0.3) is 0 Å². The quantitative estimate of drug-likeness (QED) is 0.842. The van der Waals surface area contributed by atoms with Gasteiger partial charge in [-0.25, -0.2) is 9.18 Å². The number of aliphatic hydroxyl groups excluding tert-OH is 1. The number of carbonyl (C=O) groups excluding carboxylic acids is 1. The third-order valence-corrected chi connectivity index (χ3v) is 2.27. The van der Waals surface area contributed by atoms with Gasteiger partial charge in [-0.3, -0.25) is 4.68 Å². The Morgan fingerprint density at radius 2 is 2.26 bits per heavy atom. The lowest BCUT2D eigenvalue weighted by molar-refractivity contribution is 0.0369. The van der Waals surface area contributed by atoms with Crippen molar-refractivity contribution < 1.29 is 19.0 Å². The van der Waals surface area contributed by atoms with E-state index in [4.69, 9.17) is 4.74 Å². The number of carbonyl (C=O) groups is 1. The van der Waals surface area contributed by atoms with Crippen molar-refractivity contribution in [1.29, 1.82) is 0 Å². The molecule has 0 aliphatic carbocycles. The molecular weight excluding hydrogens is 253 g/mol. The maximum atomic E-state index is 12.6. The lowest BCUT2D eigenvalue weighted by Gasteiger charge is -2.25. The molecule has 0 radical (unpaired) electrons. The van der Waals surface area contributed by atoms with E-state index in [2.05, 4.69) is 10.4 Å². The number of alkyl carbamates (subject to hydrolysis) is 1. The van der Waals surface area contributed by atoms with Gasteiger partial charge in [-0.2, -0.15) is 5.10 Å². The maximum absolute atomic E-state index is 12.6. The van der Waals surface area contributed by atoms with E-state index in [-0.39, 0.29) is 6.54 Å². The van der Waals surface area contributed by atoms with Crippen LogP contribution in [-0.2, 0) is 11.3 Å². The van der Waals surface area contributed by atoms with Crippen molar-refractivity contribution in [2.24, 2.45) is 0 Å². The number of nitrogens with zero attached hydrogens (tertiary/aromatic N) is 2. The maximum Gasteiger partial charge on any atom is 0.408 e. The second-order valence-electron chi connectivity index (χ2n) is 5.20. The molecule has 0 aliphatic heterocycles. The minimum atomic E-state index is -1.31. The number of aliphatic hydroxyl groups is 1. The van der Waals surface area contributed by atoms with Crippen LogP contribution >= 0.6 is 0 Å². The minimum Gasteiger partial charge on any atom is -0.444 e. The third-order valence-electron chi connectivity index (χ3n) is 2.27. The van der Waals surface area contributed by atoms with Gasteiger partial charge in [0.05, 0.1) is 12.6 Å². The molecule has 7 heteroatoms. The summed E-state index contributed by atoms with van der Waals surface area (Å²) in [5.74, 6) is 0. The van der Waals surface area contributed by atoms with Crippen LogP contribution in [0.5, 0.6) is 0 Å². The van der Waals surface area contributed by atoms with E-state index >= 15 is 0 Å². The van der Waals surface area contributed by atoms with E-state index in [0.717, 1.165) is 0 Å². The first-order chi connectivity index (χ1) is 8.81. The molecule has 1 rings (SSSR count). The van der Waals surface area contributed by atoms with Gasteiger partial charge in [0.1, 0.15) is 18.4 Å². The van der Waals surface area contributed by atoms with Gasteiger partial charge in [0, 0.05) is 12.4 Å². The molecule has 0 unspecified atom stereocenters. The number of rotatable bonds is 5. The van der Waals surface area contributed by atoms with Crippen LogP contribution in [-0.4, -0.2) is 45.4 Å². The average molecular weight is 273 g/mol. The highest BCUT2D eigenvalue weighted by Crippen LogP contribution is 2.08. The van der Waals surface area contributed by atoms with Crippen LogP contribution in [0.15, 0.2) is 18.5 Å². The molecule has 2 N–H and O–H groups in total. The number of hydrogen-bond donors (Lipinski definition) is 2. The Kier molecular flexibility index (Phi) is 5.29. The largest absolute Gasteiger partial charge is 0.444 e. The van der Waals surface area contributed by atoms with Crippen LogP contribution in [0.3, 0.4) is 0 Å². The summed E-state index contributed by atoms with van der Waals surface area (Å²) in [4.78, 5) is 11.6. The Labute approximate surface area is 111 Å². The zero-order chi connectivity index (χ0) is 14.5. The van der Waals surface area contributed by atoms with Crippen LogP contribution in [0.4, 0.5) is 9.18 Å². The summed E-state index contributed by atoms with van der Waals surface area (Å²) in [6, 6.07) is 0.895. The number of nitrogens with one attached hydrogen (secondary N) is 1. The van der Waals surface area contributed by atoms with E-state index in [1.807, 2.05) is 0 Å². The lowest BCUT2D eigenvalue weighted by atomic mass is 10.1. The van der Waals surface area contributed by atoms with Crippen LogP contribution < -0.4 is 5.32 Å². The van der Waals surface area contributed by atoms with Gasteiger partial charge in [0.2, 0.25) is 0 Å². The van der Waals surface area contributed by atoms with Crippen LogP contribution in [0.25, 0.3) is 0 Å². The molecule has 6 nitrogen and oxygen atoms in total. The Bertz CT molecular complexity index is 389. The van der Waals surface area contributed by atoms with Crippen LogP contribution in [0.2, 0.25) is 0 Å². The summed E-state index contributed by atoms with van der Waals surface area (Å²) in [5.41, 5.74) is -0.652. The number of halogens is 1. The number of amides is 1. The van der Waals surface area contributed by atoms with Crippen molar-refractivity contribution in [1.82, 2.24) is 15.1 Å². The highest BCUT2D eigenvalue weighted by Gasteiger charge is 2.25. The Morgan fingerprint density at radius 3 is 2.74 bits per heavy atom. The topological polar surface area (TPSA) is 76.4 Å². The molecule has 1 aromatic rings. The first kappa shape index (κ1) is 15.4. The smallest absolute Gasteiger partial charge is 0.408 e. The predicted molar refractivity (Wildman–Crippen MR) is 67.4 cm³/mol. The van der Waals surface area contributed by atoms with Crippen molar-refractivity contribution in [2.75, 3.05) is 6.67 Å². The zero-order valence-corrected chi connectivity index (χ0v) is 11.3. The highest BCUT2D eigenvalue weighted by molar-refractivity contribution is 5.68. The summed E-state index contributed by atoms with van der Waals surface area (Å²) >= 11 is 0. The molecule has 0 aromatic carbocycles. The number of hydrogen-bond acceptors (Lipinski definition) is 4. The monoisotopic (exact) mass is 273 g/mol. The van der Waals surface area contributed by atoms with Crippen molar-refractivity contribution in [2.45, 2.75) is 45.1 Å². The van der Waals surface area contributed by atoms with Gasteiger partial charge in [-0.15, -0.1) is 0 Å². The first-order valence-electron chi connectivity index (χ1n) is 6.03. The predicted octanol–water partition coefficient (Wildman–Crippen LogP) is 1.11. The fraction of sp³-hybridized carbons (Fsp3) is 0.667. The van der Waals surface area contributed by atoms with Crippen LogP contribution in [0.1, 0.15) is 20.8 Å². The van der Waals surface area contributed by atoms with E-state index in [1.54, 1.807) is 39.2 Å². The van der Waals surface area contributed by atoms with Crippen molar-refractivity contribution in [3.8, 4) is 0 Å². The molecule has 0 spiro atoms. The first-order valence-corrected chi connectivity index (χ1v) is 6.03. The summed E-state index contributed by atoms with van der Waals surface area (Å²) in [6.07, 6.45) is 1.22. The summed E-state index contributed by atoms with van der Waals surface area (Å²) in [7, 11) is 0. The second-order valence-corrected chi connectivity index (χ2v) is 5.20.